The summed E-state index contributed by atoms with van der Waals surface area (Å²) in [6.07, 6.45) is 2.55. The monoisotopic (exact) mass is 235 g/mol. The molecule has 17 heavy (non-hydrogen) atoms. The van der Waals surface area contributed by atoms with Gasteiger partial charge in [-0.25, -0.2) is 0 Å². The second kappa shape index (κ2) is 5.14. The van der Waals surface area contributed by atoms with Crippen molar-refractivity contribution in [3.05, 3.63) is 33.9 Å². The van der Waals surface area contributed by atoms with Crippen molar-refractivity contribution in [1.82, 2.24) is 5.32 Å². The van der Waals surface area contributed by atoms with Gasteiger partial charge in [0.05, 0.1) is 4.92 Å². The van der Waals surface area contributed by atoms with Crippen LogP contribution in [0, 0.1) is 17.0 Å². The second-order valence-electron chi connectivity index (χ2n) is 4.36. The average molecular weight is 235 g/mol. The fraction of sp³-hybridized carbons (Fsp3) is 0.500. The normalized spacial score (nSPS) is 14.6. The van der Waals surface area contributed by atoms with Crippen LogP contribution in [0.4, 0.5) is 11.4 Å². The lowest BCUT2D eigenvalue weighted by Crippen LogP contribution is -2.24. The molecule has 0 aromatic heterocycles. The van der Waals surface area contributed by atoms with E-state index in [0.717, 1.165) is 18.8 Å². The molecule has 2 N–H and O–H groups in total. The van der Waals surface area contributed by atoms with Gasteiger partial charge >= 0.3 is 0 Å². The number of nitrogens with zero attached hydrogens (tertiary/aromatic N) is 1. The van der Waals surface area contributed by atoms with Crippen molar-refractivity contribution < 1.29 is 4.92 Å². The van der Waals surface area contributed by atoms with Gasteiger partial charge in [-0.2, -0.15) is 0 Å². The van der Waals surface area contributed by atoms with Crippen LogP contribution in [0.15, 0.2) is 18.2 Å². The molecule has 1 aliphatic rings. The smallest absolute Gasteiger partial charge is 0.274 e. The zero-order chi connectivity index (χ0) is 12.3. The van der Waals surface area contributed by atoms with E-state index in [1.807, 2.05) is 6.07 Å². The molecular formula is C12H17N3O2. The third kappa shape index (κ3) is 3.17. The van der Waals surface area contributed by atoms with Crippen LogP contribution in [0.1, 0.15) is 18.4 Å². The lowest BCUT2D eigenvalue weighted by Gasteiger charge is -2.09. The predicted octanol–water partition coefficient (Wildman–Crippen LogP) is 2.07. The van der Waals surface area contributed by atoms with E-state index in [9.17, 15) is 10.1 Å². The van der Waals surface area contributed by atoms with E-state index in [0.29, 0.717) is 11.6 Å². The lowest BCUT2D eigenvalue weighted by molar-refractivity contribution is -0.385. The number of hydrogen-bond donors (Lipinski definition) is 2. The Kier molecular flexibility index (Phi) is 3.58. The molecule has 92 valence electrons. The first kappa shape index (κ1) is 11.9. The zero-order valence-electron chi connectivity index (χ0n) is 9.90. The number of hydrogen-bond acceptors (Lipinski definition) is 4. The van der Waals surface area contributed by atoms with Gasteiger partial charge in [0.15, 0.2) is 0 Å². The molecule has 0 spiro atoms. The third-order valence-electron chi connectivity index (χ3n) is 2.95. The first-order chi connectivity index (χ1) is 8.18. The van der Waals surface area contributed by atoms with Crippen molar-refractivity contribution in [1.29, 1.82) is 0 Å². The molecule has 0 heterocycles. The van der Waals surface area contributed by atoms with Crippen LogP contribution in [0.25, 0.3) is 0 Å². The van der Waals surface area contributed by atoms with Gasteiger partial charge in [-0.1, -0.05) is 6.07 Å². The van der Waals surface area contributed by atoms with E-state index in [1.165, 1.54) is 18.9 Å². The van der Waals surface area contributed by atoms with Gasteiger partial charge in [0.2, 0.25) is 0 Å². The third-order valence-corrected chi connectivity index (χ3v) is 2.95. The summed E-state index contributed by atoms with van der Waals surface area (Å²) in [5.74, 6) is 0. The first-order valence-electron chi connectivity index (χ1n) is 5.90. The molecule has 5 heteroatoms. The second-order valence-corrected chi connectivity index (χ2v) is 4.36. The molecule has 0 unspecified atom stereocenters. The molecule has 1 aliphatic carbocycles. The summed E-state index contributed by atoms with van der Waals surface area (Å²) in [5.41, 5.74) is 1.71. The number of rotatable bonds is 6. The summed E-state index contributed by atoms with van der Waals surface area (Å²) in [5, 5.41) is 17.4. The van der Waals surface area contributed by atoms with Gasteiger partial charge in [-0.15, -0.1) is 0 Å². The molecule has 5 nitrogen and oxygen atoms in total. The van der Waals surface area contributed by atoms with Crippen LogP contribution in [0.5, 0.6) is 0 Å². The summed E-state index contributed by atoms with van der Waals surface area (Å²) < 4.78 is 0. The Morgan fingerprint density at radius 1 is 1.41 bits per heavy atom. The van der Waals surface area contributed by atoms with Crippen molar-refractivity contribution in [2.45, 2.75) is 25.8 Å². The molecule has 0 atom stereocenters. The molecule has 1 aromatic carbocycles. The number of nitro benzene ring substituents is 1. The van der Waals surface area contributed by atoms with Gasteiger partial charge in [0.1, 0.15) is 0 Å². The molecule has 0 radical (unpaired) electrons. The van der Waals surface area contributed by atoms with Crippen LogP contribution >= 0.6 is 0 Å². The standard InChI is InChI=1S/C12H17N3O2/c1-9-11(3-2-4-12(9)15(16)17)14-8-7-13-10-5-6-10/h2-4,10,13-14H,5-8H2,1H3. The maximum absolute atomic E-state index is 10.8. The molecule has 1 saturated carbocycles. The number of nitro groups is 1. The minimum absolute atomic E-state index is 0.171. The highest BCUT2D eigenvalue weighted by atomic mass is 16.6. The molecular weight excluding hydrogens is 218 g/mol. The lowest BCUT2D eigenvalue weighted by atomic mass is 10.1. The van der Waals surface area contributed by atoms with Crippen molar-refractivity contribution in [2.75, 3.05) is 18.4 Å². The predicted molar refractivity (Wildman–Crippen MR) is 67.3 cm³/mol. The van der Waals surface area contributed by atoms with Crippen LogP contribution < -0.4 is 10.6 Å². The molecule has 1 fully saturated rings. The Labute approximate surface area is 100 Å². The van der Waals surface area contributed by atoms with Crippen LogP contribution in [0.3, 0.4) is 0 Å². The quantitative estimate of drug-likeness (QED) is 0.450. The fourth-order valence-electron chi connectivity index (χ4n) is 1.77. The Morgan fingerprint density at radius 3 is 2.82 bits per heavy atom. The number of anilines is 1. The van der Waals surface area contributed by atoms with Gasteiger partial charge in [-0.05, 0) is 25.8 Å². The molecule has 0 amide bonds. The largest absolute Gasteiger partial charge is 0.383 e. The Morgan fingerprint density at radius 2 is 2.18 bits per heavy atom. The number of benzene rings is 1. The highest BCUT2D eigenvalue weighted by Crippen LogP contribution is 2.24. The summed E-state index contributed by atoms with van der Waals surface area (Å²) in [6.45, 7) is 3.46. The van der Waals surface area contributed by atoms with Gasteiger partial charge in [-0.3, -0.25) is 10.1 Å². The summed E-state index contributed by atoms with van der Waals surface area (Å²) in [6, 6.07) is 5.81. The van der Waals surface area contributed by atoms with E-state index < -0.39 is 0 Å². The maximum Gasteiger partial charge on any atom is 0.274 e. The Bertz CT molecular complexity index is 416. The minimum atomic E-state index is -0.344. The van der Waals surface area contributed by atoms with E-state index in [2.05, 4.69) is 10.6 Å². The molecule has 2 rings (SSSR count). The number of nitrogens with one attached hydrogen (secondary N) is 2. The highest BCUT2D eigenvalue weighted by molar-refractivity contribution is 5.59. The van der Waals surface area contributed by atoms with E-state index in [1.54, 1.807) is 13.0 Å². The van der Waals surface area contributed by atoms with Crippen LogP contribution in [-0.2, 0) is 0 Å². The van der Waals surface area contributed by atoms with E-state index in [-0.39, 0.29) is 10.6 Å². The topological polar surface area (TPSA) is 67.2 Å². The van der Waals surface area contributed by atoms with Gasteiger partial charge < -0.3 is 10.6 Å². The Hall–Kier alpha value is -1.62. The summed E-state index contributed by atoms with van der Waals surface area (Å²) >= 11 is 0. The minimum Gasteiger partial charge on any atom is -0.383 e. The summed E-state index contributed by atoms with van der Waals surface area (Å²) in [4.78, 5) is 10.4. The van der Waals surface area contributed by atoms with Crippen molar-refractivity contribution in [3.63, 3.8) is 0 Å². The van der Waals surface area contributed by atoms with Gasteiger partial charge in [0, 0.05) is 36.4 Å². The zero-order valence-corrected chi connectivity index (χ0v) is 9.90. The molecule has 0 saturated heterocycles. The molecule has 0 aliphatic heterocycles. The fourth-order valence-corrected chi connectivity index (χ4v) is 1.77. The van der Waals surface area contributed by atoms with Gasteiger partial charge in [0.25, 0.3) is 5.69 Å². The van der Waals surface area contributed by atoms with Crippen LogP contribution in [0.2, 0.25) is 0 Å². The van der Waals surface area contributed by atoms with Crippen molar-refractivity contribution >= 4 is 11.4 Å². The summed E-state index contributed by atoms with van der Waals surface area (Å²) in [7, 11) is 0. The molecule has 0 bridgehead atoms. The molecule has 1 aromatic rings. The average Bonchev–Trinajstić information content (AvgIpc) is 3.10. The van der Waals surface area contributed by atoms with Crippen molar-refractivity contribution in [3.8, 4) is 0 Å². The maximum atomic E-state index is 10.8. The van der Waals surface area contributed by atoms with Crippen molar-refractivity contribution in [2.24, 2.45) is 0 Å². The van der Waals surface area contributed by atoms with Crippen LogP contribution in [-0.4, -0.2) is 24.1 Å². The SMILES string of the molecule is Cc1c(NCCNC2CC2)cccc1[N+](=O)[O-]. The Balaban J connectivity index is 1.90. The highest BCUT2D eigenvalue weighted by Gasteiger charge is 2.19. The van der Waals surface area contributed by atoms with E-state index in [4.69, 9.17) is 0 Å². The van der Waals surface area contributed by atoms with E-state index >= 15 is 0 Å². The first-order valence-corrected chi connectivity index (χ1v) is 5.90.